The number of amides is 1. The van der Waals surface area contributed by atoms with E-state index in [0.717, 1.165) is 114 Å². The van der Waals surface area contributed by atoms with Crippen LogP contribution in [0.1, 0.15) is 240 Å². The monoisotopic (exact) mass is 1060 g/mol. The topological polar surface area (TPSA) is 108 Å². The maximum absolute atomic E-state index is 12.8. The van der Waals surface area contributed by atoms with Crippen LogP contribution in [-0.4, -0.2) is 121 Å². The van der Waals surface area contributed by atoms with Crippen molar-refractivity contribution in [1.82, 2.24) is 15.1 Å². The van der Waals surface area contributed by atoms with Crippen molar-refractivity contribution in [3.8, 4) is 0 Å². The number of nitrogens with zero attached hydrogens (tertiary/aromatic N) is 2. The van der Waals surface area contributed by atoms with Gasteiger partial charge in [-0.3, -0.25) is 14.4 Å². The van der Waals surface area contributed by atoms with Crippen LogP contribution in [0.2, 0.25) is 0 Å². The number of hydrogen-bond donors (Lipinski definition) is 2. The van der Waals surface area contributed by atoms with Gasteiger partial charge >= 0.3 is 11.9 Å². The lowest BCUT2D eigenvalue weighted by atomic mass is 10.1. The lowest BCUT2D eigenvalue weighted by molar-refractivity contribution is -0.144. The number of carbonyl (C=O) groups excluding carboxylic acids is 3. The van der Waals surface area contributed by atoms with Crippen molar-refractivity contribution in [3.05, 3.63) is 12.2 Å². The Bertz CT molecular complexity index is 1190. The molecular formula is C57H111N3O6S4. The zero-order chi connectivity index (χ0) is 51.4. The normalized spacial score (nSPS) is 12.7. The number of esters is 2. The molecule has 0 heterocycles. The predicted octanol–water partition coefficient (Wildman–Crippen LogP) is 15.7. The Morgan fingerprint density at radius 2 is 1.10 bits per heavy atom. The number of aliphatic hydroxyl groups excluding tert-OH is 1. The minimum Gasteiger partial charge on any atom is -0.466 e. The molecule has 0 bridgehead atoms. The number of hydrogen-bond acceptors (Lipinski definition) is 12. The number of unbranched alkanes of at least 4 members (excludes halogenated alkanes) is 17. The van der Waals surface area contributed by atoms with E-state index in [-0.39, 0.29) is 23.9 Å². The lowest BCUT2D eigenvalue weighted by Crippen LogP contribution is -2.35. The first-order valence-electron chi connectivity index (χ1n) is 29.0. The highest BCUT2D eigenvalue weighted by atomic mass is 33.1. The summed E-state index contributed by atoms with van der Waals surface area (Å²) in [6.07, 6.45) is 38.7. The van der Waals surface area contributed by atoms with Crippen LogP contribution in [-0.2, 0) is 23.9 Å². The number of rotatable bonds is 55. The van der Waals surface area contributed by atoms with Crippen molar-refractivity contribution in [3.63, 3.8) is 0 Å². The van der Waals surface area contributed by atoms with Crippen molar-refractivity contribution >= 4 is 61.0 Å². The molecule has 0 aliphatic rings. The minimum atomic E-state index is -0.199. The van der Waals surface area contributed by atoms with Crippen molar-refractivity contribution in [2.24, 2.45) is 5.92 Å². The molecule has 0 saturated carbocycles. The Morgan fingerprint density at radius 3 is 1.74 bits per heavy atom. The van der Waals surface area contributed by atoms with Crippen LogP contribution < -0.4 is 5.32 Å². The van der Waals surface area contributed by atoms with Crippen molar-refractivity contribution in [1.29, 1.82) is 0 Å². The van der Waals surface area contributed by atoms with E-state index in [1.807, 2.05) is 32.4 Å². The lowest BCUT2D eigenvalue weighted by Gasteiger charge is -2.23. The van der Waals surface area contributed by atoms with E-state index in [4.69, 9.17) is 9.47 Å². The molecule has 1 amide bonds. The number of aliphatic hydroxyl groups is 1. The summed E-state index contributed by atoms with van der Waals surface area (Å²) >= 11 is 0. The fourth-order valence-corrected chi connectivity index (χ4v) is 13.2. The van der Waals surface area contributed by atoms with Crippen LogP contribution in [0, 0.1) is 5.92 Å². The van der Waals surface area contributed by atoms with E-state index < -0.39 is 0 Å². The second-order valence-corrected chi connectivity index (χ2v) is 25.6. The van der Waals surface area contributed by atoms with E-state index >= 15 is 0 Å². The van der Waals surface area contributed by atoms with Gasteiger partial charge in [-0.15, -0.1) is 0 Å². The summed E-state index contributed by atoms with van der Waals surface area (Å²) in [5, 5.41) is 14.0. The Labute approximate surface area is 448 Å². The summed E-state index contributed by atoms with van der Waals surface area (Å²) in [5.41, 5.74) is 0. The molecule has 2 atom stereocenters. The minimum absolute atomic E-state index is 0.128. The van der Waals surface area contributed by atoms with E-state index in [1.54, 1.807) is 0 Å². The number of carbonyl (C=O) groups is 3. The highest BCUT2D eigenvalue weighted by Gasteiger charge is 2.14. The third kappa shape index (κ3) is 52.3. The average molecular weight is 1060 g/mol. The van der Waals surface area contributed by atoms with Crippen LogP contribution >= 0.6 is 43.2 Å². The number of ether oxygens (including phenoxy) is 2. The zero-order valence-corrected chi connectivity index (χ0v) is 49.6. The van der Waals surface area contributed by atoms with Gasteiger partial charge in [0.25, 0.3) is 0 Å². The van der Waals surface area contributed by atoms with Gasteiger partial charge in [-0.25, -0.2) is 0 Å². The third-order valence-corrected chi connectivity index (χ3v) is 18.5. The van der Waals surface area contributed by atoms with Gasteiger partial charge in [0.1, 0.15) is 0 Å². The summed E-state index contributed by atoms with van der Waals surface area (Å²) in [5.74, 6) is 4.24. The van der Waals surface area contributed by atoms with Gasteiger partial charge in [-0.1, -0.05) is 193 Å². The maximum Gasteiger partial charge on any atom is 0.307 e. The van der Waals surface area contributed by atoms with Gasteiger partial charge in [-0.05, 0) is 110 Å². The molecule has 0 aliphatic heterocycles. The molecule has 0 radical (unpaired) electrons. The Morgan fingerprint density at radius 1 is 0.557 bits per heavy atom. The quantitative estimate of drug-likeness (QED) is 0.0262. The molecule has 70 heavy (non-hydrogen) atoms. The van der Waals surface area contributed by atoms with Crippen LogP contribution in [0.15, 0.2) is 12.2 Å². The first-order valence-corrected chi connectivity index (χ1v) is 33.8. The van der Waals surface area contributed by atoms with Gasteiger partial charge < -0.3 is 29.7 Å². The van der Waals surface area contributed by atoms with Gasteiger partial charge in [0.05, 0.1) is 32.2 Å². The smallest absolute Gasteiger partial charge is 0.307 e. The zero-order valence-electron chi connectivity index (χ0n) is 46.3. The van der Waals surface area contributed by atoms with Crippen LogP contribution in [0.5, 0.6) is 0 Å². The van der Waals surface area contributed by atoms with Crippen LogP contribution in [0.4, 0.5) is 0 Å². The molecule has 1 unspecified atom stereocenters. The fraction of sp³-hybridized carbons (Fsp3) is 0.912. The first-order chi connectivity index (χ1) is 34.1. The summed E-state index contributed by atoms with van der Waals surface area (Å²) in [6, 6.07) is 0. The summed E-state index contributed by atoms with van der Waals surface area (Å²) in [6.45, 7) is 16.5. The Balaban J connectivity index is 4.44. The molecule has 0 aliphatic carbocycles. The predicted molar refractivity (Wildman–Crippen MR) is 312 cm³/mol. The van der Waals surface area contributed by atoms with Crippen LogP contribution in [0.25, 0.3) is 0 Å². The van der Waals surface area contributed by atoms with E-state index in [2.05, 4.69) is 79.7 Å². The number of likely N-dealkylation sites (N-methyl/N-ethyl adjacent to an activating group) is 1. The van der Waals surface area contributed by atoms with Gasteiger partial charge in [-0.2, -0.15) is 0 Å². The molecule has 2 N–H and O–H groups in total. The molecule has 0 aromatic heterocycles. The van der Waals surface area contributed by atoms with Crippen LogP contribution in [0.3, 0.4) is 0 Å². The molecule has 13 heteroatoms. The maximum atomic E-state index is 12.8. The van der Waals surface area contributed by atoms with E-state index in [9.17, 15) is 19.5 Å². The standard InChI is InChI=1S/C57H111N3O6S4/c1-7-10-12-24-35-53(61)36-25-17-15-13-14-16-18-26-38-55(62)58-41-46-59(6)42-33-43-60(44-39-56(63)65-47-28-19-21-30-49-67-68-50-32-27-34-52(4)5)45-40-57(64)66-48-29-20-22-31-51-69-70-54(9-3)37-23-11-8-2/h17,25,52-54,61H,7-16,18-24,26-51H2,1-6H3,(H,58,62)/b25-17-/t53-,54?/m1/s1. The Hall–Kier alpha value is -0.570. The van der Waals surface area contributed by atoms with Gasteiger partial charge in [0.2, 0.25) is 5.91 Å². The third-order valence-electron chi connectivity index (χ3n) is 12.7. The van der Waals surface area contributed by atoms with E-state index in [0.29, 0.717) is 52.1 Å². The molecule has 0 aromatic rings. The summed E-state index contributed by atoms with van der Waals surface area (Å²) < 4.78 is 11.3. The molecule has 0 spiro atoms. The van der Waals surface area contributed by atoms with Crippen molar-refractivity contribution in [2.45, 2.75) is 251 Å². The van der Waals surface area contributed by atoms with Gasteiger partial charge in [0, 0.05) is 55.1 Å². The molecule has 414 valence electrons. The average Bonchev–Trinajstić information content (AvgIpc) is 3.34. The molecule has 0 fully saturated rings. The molecule has 9 nitrogen and oxygen atoms in total. The SMILES string of the molecule is CCCCCC[C@@H](O)C/C=C\CCCCCCCC(=O)NCCN(C)CCCN(CCC(=O)OCCCCCCSSCCCCC(C)C)CCC(=O)OCCCCCCSSC(CC)CCCCC. The van der Waals surface area contributed by atoms with Gasteiger partial charge in [0.15, 0.2) is 0 Å². The number of allylic oxidation sites excluding steroid dienone is 1. The summed E-state index contributed by atoms with van der Waals surface area (Å²) in [4.78, 5) is 42.5. The largest absolute Gasteiger partial charge is 0.466 e. The Kier molecular flexibility index (Phi) is 54.2. The fourth-order valence-electron chi connectivity index (χ4n) is 8.03. The van der Waals surface area contributed by atoms with E-state index in [1.165, 1.54) is 120 Å². The summed E-state index contributed by atoms with van der Waals surface area (Å²) in [7, 11) is 10.2. The van der Waals surface area contributed by atoms with Crippen molar-refractivity contribution < 1.29 is 29.0 Å². The molecular weight excluding hydrogens is 951 g/mol. The highest BCUT2D eigenvalue weighted by Crippen LogP contribution is 2.33. The molecule has 0 rings (SSSR count). The van der Waals surface area contributed by atoms with Crippen molar-refractivity contribution in [2.75, 3.05) is 76.8 Å². The second-order valence-electron chi connectivity index (χ2n) is 20.1. The highest BCUT2D eigenvalue weighted by molar-refractivity contribution is 8.77. The molecule has 0 aromatic carbocycles. The first kappa shape index (κ1) is 69.4. The molecule has 0 saturated heterocycles. The second kappa shape index (κ2) is 54.7. The number of nitrogens with one attached hydrogen (secondary N) is 1.